The predicted molar refractivity (Wildman–Crippen MR) is 155 cm³/mol. The van der Waals surface area contributed by atoms with Crippen LogP contribution in [0.1, 0.15) is 47.9 Å². The lowest BCUT2D eigenvalue weighted by atomic mass is 9.59. The Kier molecular flexibility index (Phi) is 7.05. The second-order valence-corrected chi connectivity index (χ2v) is 12.1. The number of carbonyl (C=O) groups excluding carboxylic acids is 2. The topological polar surface area (TPSA) is 76.7 Å². The van der Waals surface area contributed by atoms with Crippen molar-refractivity contribution in [3.63, 3.8) is 0 Å². The molecule has 9 heteroatoms. The fourth-order valence-corrected chi connectivity index (χ4v) is 6.98. The maximum atomic E-state index is 14.3. The molecule has 3 heterocycles. The summed E-state index contributed by atoms with van der Waals surface area (Å²) in [5, 5.41) is 7.34. The van der Waals surface area contributed by atoms with Crippen LogP contribution in [0.4, 0.5) is 5.69 Å². The molecule has 6 nitrogen and oxygen atoms in total. The summed E-state index contributed by atoms with van der Waals surface area (Å²) in [6.45, 7) is 1.28. The molecular weight excluding hydrogens is 638 g/mol. The minimum absolute atomic E-state index is 0.00923. The molecule has 2 amide bonds. The van der Waals surface area contributed by atoms with Crippen molar-refractivity contribution in [1.29, 1.82) is 0 Å². The zero-order valence-corrected chi connectivity index (χ0v) is 24.0. The van der Waals surface area contributed by atoms with Gasteiger partial charge in [0.1, 0.15) is 17.3 Å². The smallest absolute Gasteiger partial charge is 0.238 e. The Balaban J connectivity index is 1.57. The Bertz CT molecular complexity index is 1430. The van der Waals surface area contributed by atoms with E-state index in [1.165, 1.54) is 0 Å². The van der Waals surface area contributed by atoms with E-state index < -0.39 is 17.4 Å². The number of anilines is 1. The van der Waals surface area contributed by atoms with Crippen LogP contribution in [0.3, 0.4) is 0 Å². The highest BCUT2D eigenvalue weighted by Crippen LogP contribution is 2.58. The molecule has 0 aromatic heterocycles. The second kappa shape index (κ2) is 10.3. The fourth-order valence-electron chi connectivity index (χ4n) is 6.10. The summed E-state index contributed by atoms with van der Waals surface area (Å²) < 4.78 is 13.0. The van der Waals surface area contributed by atoms with Gasteiger partial charge in [-0.05, 0) is 76.2 Å². The number of fused-ring (bicyclic) bond motifs is 2. The number of halogens is 3. The van der Waals surface area contributed by atoms with Gasteiger partial charge in [-0.15, -0.1) is 0 Å². The van der Waals surface area contributed by atoms with Gasteiger partial charge in [0, 0.05) is 50.0 Å². The van der Waals surface area contributed by atoms with Gasteiger partial charge in [0.15, 0.2) is 0 Å². The first kappa shape index (κ1) is 25.9. The Hall–Kier alpha value is -2.33. The average Bonchev–Trinajstić information content (AvgIpc) is 3.18. The number of rotatable bonds is 4. The van der Waals surface area contributed by atoms with Crippen molar-refractivity contribution in [2.24, 2.45) is 0 Å². The summed E-state index contributed by atoms with van der Waals surface area (Å²) in [6, 6.07) is 18.1. The van der Waals surface area contributed by atoms with E-state index in [-0.39, 0.29) is 24.3 Å². The number of hydrogen-bond donors (Lipinski definition) is 2. The van der Waals surface area contributed by atoms with Crippen LogP contribution >= 0.6 is 45.8 Å². The van der Waals surface area contributed by atoms with E-state index in [9.17, 15) is 9.59 Å². The van der Waals surface area contributed by atoms with Gasteiger partial charge in [-0.2, -0.15) is 0 Å². The third-order valence-electron chi connectivity index (χ3n) is 7.75. The molecule has 6 rings (SSSR count). The number of hydrogen-bond acceptors (Lipinski definition) is 4. The monoisotopic (exact) mass is 662 g/mol. The summed E-state index contributed by atoms with van der Waals surface area (Å²) in [5.41, 5.74) is 1.87. The van der Waals surface area contributed by atoms with E-state index in [0.29, 0.717) is 34.7 Å². The highest BCUT2D eigenvalue weighted by atomic mass is 127. The number of benzene rings is 3. The number of amides is 2. The van der Waals surface area contributed by atoms with E-state index in [1.54, 1.807) is 18.2 Å². The highest BCUT2D eigenvalue weighted by Gasteiger charge is 2.61. The summed E-state index contributed by atoms with van der Waals surface area (Å²) >= 11 is 15.0. The summed E-state index contributed by atoms with van der Waals surface area (Å²) in [6.07, 6.45) is 1.68. The van der Waals surface area contributed by atoms with Crippen molar-refractivity contribution in [1.82, 2.24) is 5.32 Å². The first-order valence-corrected chi connectivity index (χ1v) is 14.4. The van der Waals surface area contributed by atoms with Crippen molar-refractivity contribution in [3.05, 3.63) is 91.0 Å². The highest BCUT2D eigenvalue weighted by molar-refractivity contribution is 14.1. The molecule has 0 aliphatic carbocycles. The molecule has 3 aromatic rings. The SMILES string of the molecule is O=C1C[C@@H](c2cccc(Cl)c2)[C@]2(C(=O)Nc3cc(Cl)ccc32)[C@H](c2cc(I)ccc2OC2CCOCC2)N1. The quantitative estimate of drug-likeness (QED) is 0.318. The minimum Gasteiger partial charge on any atom is -0.490 e. The van der Waals surface area contributed by atoms with Crippen molar-refractivity contribution in [3.8, 4) is 5.75 Å². The van der Waals surface area contributed by atoms with Gasteiger partial charge in [0.25, 0.3) is 0 Å². The standard InChI is InChI=1S/C29H25Cl2IN2O4/c30-17-3-1-2-16(12-17)23-15-26(35)34-27(29(23)22-6-4-18(31)13-24(22)33-28(29)36)21-14-19(32)5-7-25(21)38-20-8-10-37-11-9-20/h1-7,12-14,20,23,27H,8-11,15H2,(H,33,36)(H,34,35)/t23-,27-,29-/m0/s1. The Morgan fingerprint density at radius 2 is 1.76 bits per heavy atom. The normalized spacial score (nSPS) is 25.1. The van der Waals surface area contributed by atoms with Gasteiger partial charge >= 0.3 is 0 Å². The fraction of sp³-hybridized carbons (Fsp3) is 0.310. The van der Waals surface area contributed by atoms with Gasteiger partial charge in [0.05, 0.1) is 19.3 Å². The zero-order valence-electron chi connectivity index (χ0n) is 20.3. The van der Waals surface area contributed by atoms with Crippen LogP contribution in [0.25, 0.3) is 0 Å². The number of piperidine rings is 1. The van der Waals surface area contributed by atoms with Gasteiger partial charge in [-0.25, -0.2) is 0 Å². The van der Waals surface area contributed by atoms with Crippen LogP contribution < -0.4 is 15.4 Å². The minimum atomic E-state index is -1.16. The zero-order chi connectivity index (χ0) is 26.4. The molecular formula is C29H25Cl2IN2O4. The summed E-state index contributed by atoms with van der Waals surface area (Å²) in [7, 11) is 0. The second-order valence-electron chi connectivity index (χ2n) is 9.94. The first-order chi connectivity index (χ1) is 18.4. The number of nitrogens with one attached hydrogen (secondary N) is 2. The van der Waals surface area contributed by atoms with Crippen LogP contribution in [-0.4, -0.2) is 31.1 Å². The molecule has 196 valence electrons. The van der Waals surface area contributed by atoms with Crippen molar-refractivity contribution in [2.75, 3.05) is 18.5 Å². The van der Waals surface area contributed by atoms with Crippen LogP contribution in [0.15, 0.2) is 60.7 Å². The Morgan fingerprint density at radius 1 is 0.974 bits per heavy atom. The van der Waals surface area contributed by atoms with E-state index in [0.717, 1.165) is 33.1 Å². The average molecular weight is 663 g/mol. The molecule has 0 radical (unpaired) electrons. The molecule has 3 atom stereocenters. The largest absolute Gasteiger partial charge is 0.490 e. The lowest BCUT2D eigenvalue weighted by Crippen LogP contribution is -2.57. The van der Waals surface area contributed by atoms with E-state index in [1.807, 2.05) is 42.5 Å². The number of ether oxygens (including phenoxy) is 2. The molecule has 38 heavy (non-hydrogen) atoms. The molecule has 1 spiro atoms. The van der Waals surface area contributed by atoms with Crippen LogP contribution in [0.2, 0.25) is 10.0 Å². The van der Waals surface area contributed by atoms with Gasteiger partial charge in [-0.3, -0.25) is 9.59 Å². The summed E-state index contributed by atoms with van der Waals surface area (Å²) in [4.78, 5) is 27.6. The Morgan fingerprint density at radius 3 is 2.55 bits per heavy atom. The van der Waals surface area contributed by atoms with Crippen molar-refractivity contribution < 1.29 is 19.1 Å². The van der Waals surface area contributed by atoms with Crippen LogP contribution in [-0.2, 0) is 19.7 Å². The number of carbonyl (C=O) groups is 2. The molecule has 2 N–H and O–H groups in total. The lowest BCUT2D eigenvalue weighted by Gasteiger charge is -2.46. The van der Waals surface area contributed by atoms with E-state index >= 15 is 0 Å². The molecule has 0 unspecified atom stereocenters. The maximum absolute atomic E-state index is 14.3. The van der Waals surface area contributed by atoms with Gasteiger partial charge < -0.3 is 20.1 Å². The summed E-state index contributed by atoms with van der Waals surface area (Å²) in [5.74, 6) is -0.155. The Labute approximate surface area is 244 Å². The van der Waals surface area contributed by atoms with E-state index in [2.05, 4.69) is 33.2 Å². The van der Waals surface area contributed by atoms with Crippen LogP contribution in [0.5, 0.6) is 5.75 Å². The van der Waals surface area contributed by atoms with Crippen molar-refractivity contribution in [2.45, 2.75) is 42.7 Å². The molecule has 3 aliphatic heterocycles. The van der Waals surface area contributed by atoms with E-state index in [4.69, 9.17) is 32.7 Å². The maximum Gasteiger partial charge on any atom is 0.238 e. The molecule has 0 bridgehead atoms. The molecule has 2 saturated heterocycles. The van der Waals surface area contributed by atoms with Crippen molar-refractivity contribution >= 4 is 63.3 Å². The molecule has 2 fully saturated rings. The first-order valence-electron chi connectivity index (χ1n) is 12.6. The van der Waals surface area contributed by atoms with Gasteiger partial charge in [-0.1, -0.05) is 41.4 Å². The third-order valence-corrected chi connectivity index (χ3v) is 8.89. The molecule has 3 aliphatic rings. The molecule has 0 saturated carbocycles. The third kappa shape index (κ3) is 4.47. The predicted octanol–water partition coefficient (Wildman–Crippen LogP) is 6.39. The van der Waals surface area contributed by atoms with Crippen LogP contribution in [0, 0.1) is 3.57 Å². The molecule has 3 aromatic carbocycles. The van der Waals surface area contributed by atoms with Gasteiger partial charge in [0.2, 0.25) is 11.8 Å². The lowest BCUT2D eigenvalue weighted by molar-refractivity contribution is -0.131.